The molecule has 4 N–H and O–H groups in total. The van der Waals surface area contributed by atoms with Crippen LogP contribution in [0.2, 0.25) is 0 Å². The zero-order valence-corrected chi connectivity index (χ0v) is 7.65. The van der Waals surface area contributed by atoms with Crippen molar-refractivity contribution in [3.05, 3.63) is 0 Å². The Morgan fingerprint density at radius 2 is 0.909 bits per heavy atom. The maximum absolute atomic E-state index is 8.50. The second-order valence-corrected chi connectivity index (χ2v) is 2.13. The van der Waals surface area contributed by atoms with Gasteiger partial charge < -0.3 is 25.9 Å². The SMILES string of the molecule is OCC(CO)(CO)CO.[Mg+2].[O-2]. The van der Waals surface area contributed by atoms with Crippen molar-refractivity contribution >= 4 is 23.1 Å². The van der Waals surface area contributed by atoms with Gasteiger partial charge in [0, 0.05) is 0 Å². The first-order valence-corrected chi connectivity index (χ1v) is 2.68. The average Bonchev–Trinajstić information content (AvgIpc) is 1.95. The predicted octanol–water partition coefficient (Wildman–Crippen LogP) is -2.56. The second kappa shape index (κ2) is 8.66. The minimum absolute atomic E-state index is 0. The van der Waals surface area contributed by atoms with E-state index >= 15 is 0 Å². The third-order valence-corrected chi connectivity index (χ3v) is 1.34. The molecule has 0 aromatic heterocycles. The van der Waals surface area contributed by atoms with Gasteiger partial charge in [0.25, 0.3) is 0 Å². The second-order valence-electron chi connectivity index (χ2n) is 2.13. The van der Waals surface area contributed by atoms with E-state index in [2.05, 4.69) is 0 Å². The number of aliphatic hydroxyl groups excluding tert-OH is 4. The number of hydrogen-bond donors (Lipinski definition) is 4. The first-order chi connectivity index (χ1) is 4.24. The molecule has 0 aliphatic heterocycles. The van der Waals surface area contributed by atoms with Crippen molar-refractivity contribution in [1.82, 2.24) is 0 Å². The van der Waals surface area contributed by atoms with E-state index in [1.54, 1.807) is 0 Å². The molecule has 0 aromatic carbocycles. The summed E-state index contributed by atoms with van der Waals surface area (Å²) in [5, 5.41) is 34.0. The summed E-state index contributed by atoms with van der Waals surface area (Å²) >= 11 is 0. The number of aliphatic hydroxyl groups is 4. The van der Waals surface area contributed by atoms with Gasteiger partial charge in [-0.1, -0.05) is 0 Å². The molecule has 0 saturated heterocycles. The van der Waals surface area contributed by atoms with E-state index in [4.69, 9.17) is 20.4 Å². The van der Waals surface area contributed by atoms with Crippen LogP contribution in [0.3, 0.4) is 0 Å². The summed E-state index contributed by atoms with van der Waals surface area (Å²) in [6.45, 7) is -1.62. The van der Waals surface area contributed by atoms with Gasteiger partial charge in [-0.15, -0.1) is 0 Å². The Kier molecular flexibility index (Phi) is 13.9. The monoisotopic (exact) mass is 176 g/mol. The first kappa shape index (κ1) is 17.6. The standard InChI is InChI=1S/C5H12O4.Mg.O/c6-1-5(2-7,3-8)4-9;;/h6-9H,1-4H2;;/q;+2;-2. The zero-order valence-electron chi connectivity index (χ0n) is 6.23. The molecule has 5 nitrogen and oxygen atoms in total. The van der Waals surface area contributed by atoms with Gasteiger partial charge in [-0.05, 0) is 0 Å². The normalized spacial score (nSPS) is 9.82. The van der Waals surface area contributed by atoms with Gasteiger partial charge in [-0.2, -0.15) is 0 Å². The van der Waals surface area contributed by atoms with Crippen LogP contribution in [-0.4, -0.2) is 69.9 Å². The molecule has 6 heteroatoms. The Morgan fingerprint density at radius 3 is 0.909 bits per heavy atom. The van der Waals surface area contributed by atoms with Crippen molar-refractivity contribution in [2.45, 2.75) is 0 Å². The molecule has 0 bridgehead atoms. The minimum atomic E-state index is -1.11. The molecule has 0 saturated carbocycles. The third-order valence-electron chi connectivity index (χ3n) is 1.34. The van der Waals surface area contributed by atoms with E-state index in [0.29, 0.717) is 0 Å². The van der Waals surface area contributed by atoms with Gasteiger partial charge in [0.2, 0.25) is 0 Å². The van der Waals surface area contributed by atoms with E-state index in [9.17, 15) is 0 Å². The predicted molar refractivity (Wildman–Crippen MR) is 37.2 cm³/mol. The fraction of sp³-hybridized carbons (Fsp3) is 1.00. The summed E-state index contributed by atoms with van der Waals surface area (Å²) in [6.07, 6.45) is 0. The van der Waals surface area contributed by atoms with Gasteiger partial charge in [-0.3, -0.25) is 0 Å². The molecule has 0 heterocycles. The zero-order chi connectivity index (χ0) is 7.33. The van der Waals surface area contributed by atoms with Crippen molar-refractivity contribution in [1.29, 1.82) is 0 Å². The largest absolute Gasteiger partial charge is 2.00 e. The van der Waals surface area contributed by atoms with Crippen LogP contribution in [0.4, 0.5) is 0 Å². The van der Waals surface area contributed by atoms with Crippen LogP contribution in [0.1, 0.15) is 0 Å². The molecular weight excluding hydrogens is 164 g/mol. The average molecular weight is 176 g/mol. The van der Waals surface area contributed by atoms with Crippen LogP contribution in [0.5, 0.6) is 0 Å². The molecular formula is C5H12MgO5. The Balaban J connectivity index is -0.000000320. The Bertz CT molecular complexity index is 57.8. The van der Waals surface area contributed by atoms with Gasteiger partial charge in [-0.25, -0.2) is 0 Å². The maximum Gasteiger partial charge on any atom is 2.00 e. The molecule has 0 unspecified atom stereocenters. The summed E-state index contributed by atoms with van der Waals surface area (Å²) in [7, 11) is 0. The molecule has 0 radical (unpaired) electrons. The molecule has 11 heavy (non-hydrogen) atoms. The summed E-state index contributed by atoms with van der Waals surface area (Å²) < 4.78 is 0. The topological polar surface area (TPSA) is 109 Å². The van der Waals surface area contributed by atoms with Crippen molar-refractivity contribution in [3.8, 4) is 0 Å². The first-order valence-electron chi connectivity index (χ1n) is 2.68. The smallest absolute Gasteiger partial charge is 2.00 e. The molecule has 0 aliphatic rings. The summed E-state index contributed by atoms with van der Waals surface area (Å²) in [4.78, 5) is 0. The van der Waals surface area contributed by atoms with Crippen molar-refractivity contribution in [2.24, 2.45) is 5.41 Å². The van der Waals surface area contributed by atoms with Crippen LogP contribution in [0.15, 0.2) is 0 Å². The van der Waals surface area contributed by atoms with Gasteiger partial charge in [0.1, 0.15) is 0 Å². The fourth-order valence-electron chi connectivity index (χ4n) is 0.300. The molecule has 0 amide bonds. The van der Waals surface area contributed by atoms with E-state index in [0.717, 1.165) is 0 Å². The number of rotatable bonds is 4. The summed E-state index contributed by atoms with van der Waals surface area (Å²) in [6, 6.07) is 0. The van der Waals surface area contributed by atoms with E-state index < -0.39 is 31.8 Å². The molecule has 64 valence electrons. The van der Waals surface area contributed by atoms with E-state index in [1.165, 1.54) is 0 Å². The molecule has 0 fully saturated rings. The van der Waals surface area contributed by atoms with Gasteiger partial charge in [0.15, 0.2) is 0 Å². The van der Waals surface area contributed by atoms with Crippen LogP contribution in [-0.2, 0) is 5.48 Å². The van der Waals surface area contributed by atoms with Crippen LogP contribution in [0.25, 0.3) is 0 Å². The Morgan fingerprint density at radius 1 is 0.727 bits per heavy atom. The quantitative estimate of drug-likeness (QED) is 0.353. The molecule has 0 atom stereocenters. The third kappa shape index (κ3) is 4.91. The molecule has 0 rings (SSSR count). The summed E-state index contributed by atoms with van der Waals surface area (Å²) in [5.41, 5.74) is -1.11. The van der Waals surface area contributed by atoms with Crippen LogP contribution in [0, 0.1) is 5.41 Å². The van der Waals surface area contributed by atoms with Crippen LogP contribution >= 0.6 is 0 Å². The maximum atomic E-state index is 8.50. The van der Waals surface area contributed by atoms with E-state index in [1.807, 2.05) is 0 Å². The molecule has 0 aliphatic carbocycles. The number of hydrogen-bond acceptors (Lipinski definition) is 4. The minimum Gasteiger partial charge on any atom is -2.00 e. The molecule has 0 aromatic rings. The van der Waals surface area contributed by atoms with Gasteiger partial charge in [0.05, 0.1) is 31.8 Å². The van der Waals surface area contributed by atoms with Crippen LogP contribution < -0.4 is 0 Å². The van der Waals surface area contributed by atoms with Gasteiger partial charge >= 0.3 is 23.1 Å². The van der Waals surface area contributed by atoms with Crippen molar-refractivity contribution < 1.29 is 25.9 Å². The van der Waals surface area contributed by atoms with E-state index in [-0.39, 0.29) is 28.5 Å². The Labute approximate surface area is 81.1 Å². The molecule has 0 spiro atoms. The van der Waals surface area contributed by atoms with Crippen molar-refractivity contribution in [2.75, 3.05) is 26.4 Å². The van der Waals surface area contributed by atoms with Crippen molar-refractivity contribution in [3.63, 3.8) is 0 Å². The summed E-state index contributed by atoms with van der Waals surface area (Å²) in [5.74, 6) is 0. The fourth-order valence-corrected chi connectivity index (χ4v) is 0.300. The Hall–Kier alpha value is 0.566.